The molecule has 0 atom stereocenters. The molecule has 9 heteroatoms. The highest BCUT2D eigenvalue weighted by molar-refractivity contribution is 5.82. The van der Waals surface area contributed by atoms with Crippen LogP contribution in [0.2, 0.25) is 0 Å². The molecule has 1 aromatic carbocycles. The van der Waals surface area contributed by atoms with Crippen molar-refractivity contribution in [1.29, 1.82) is 0 Å². The summed E-state index contributed by atoms with van der Waals surface area (Å²) in [5, 5.41) is 28.5. The Labute approximate surface area is 133 Å². The Morgan fingerprint density at radius 1 is 1.22 bits per heavy atom. The third-order valence-corrected chi connectivity index (χ3v) is 2.84. The number of aliphatic hydroxyl groups excluding tert-OH is 1. The molecule has 23 heavy (non-hydrogen) atoms. The first-order valence-electron chi connectivity index (χ1n) is 7.26. The molecular weight excluding hydrogens is 302 g/mol. The van der Waals surface area contributed by atoms with Crippen molar-refractivity contribution in [2.75, 3.05) is 26.2 Å². The van der Waals surface area contributed by atoms with E-state index >= 15 is 0 Å². The smallest absolute Gasteiger partial charge is 0.335 e. The molecule has 0 fully saturated rings. The van der Waals surface area contributed by atoms with Gasteiger partial charge < -0.3 is 15.7 Å². The lowest BCUT2D eigenvalue weighted by molar-refractivity contribution is -0.384. The maximum atomic E-state index is 11.4. The van der Waals surface area contributed by atoms with Crippen molar-refractivity contribution < 1.29 is 14.8 Å². The first-order chi connectivity index (χ1) is 11.1. The molecule has 0 heterocycles. The van der Waals surface area contributed by atoms with Gasteiger partial charge >= 0.3 is 6.03 Å². The topological polar surface area (TPSA) is 129 Å². The molecule has 2 amide bonds. The van der Waals surface area contributed by atoms with E-state index in [1.54, 1.807) is 12.1 Å². The second-order valence-corrected chi connectivity index (χ2v) is 4.66. The summed E-state index contributed by atoms with van der Waals surface area (Å²) < 4.78 is 0. The van der Waals surface area contributed by atoms with E-state index in [9.17, 15) is 14.9 Å². The van der Waals surface area contributed by atoms with Gasteiger partial charge in [-0.2, -0.15) is 5.10 Å². The van der Waals surface area contributed by atoms with E-state index in [4.69, 9.17) is 5.11 Å². The summed E-state index contributed by atoms with van der Waals surface area (Å²) in [5.74, 6) is 0. The predicted octanol–water partition coefficient (Wildman–Crippen LogP) is 0.590. The molecule has 0 aliphatic carbocycles. The van der Waals surface area contributed by atoms with E-state index in [1.165, 1.54) is 18.3 Å². The van der Waals surface area contributed by atoms with Crippen LogP contribution >= 0.6 is 0 Å². The van der Waals surface area contributed by atoms with Gasteiger partial charge in [-0.3, -0.25) is 10.1 Å². The second kappa shape index (κ2) is 11.1. The van der Waals surface area contributed by atoms with E-state index in [1.807, 2.05) is 0 Å². The lowest BCUT2D eigenvalue weighted by Gasteiger charge is -2.04. The number of nitrogens with one attached hydrogen (secondary N) is 3. The molecule has 0 saturated carbocycles. The van der Waals surface area contributed by atoms with Crippen LogP contribution in [0.15, 0.2) is 29.4 Å². The van der Waals surface area contributed by atoms with Crippen molar-refractivity contribution in [3.05, 3.63) is 39.9 Å². The number of unbranched alkanes of at least 4 members (excludes halogenated alkanes) is 1. The highest BCUT2D eigenvalue weighted by atomic mass is 16.6. The summed E-state index contributed by atoms with van der Waals surface area (Å²) in [6, 6.07) is 5.41. The Balaban J connectivity index is 2.16. The number of urea groups is 1. The minimum Gasteiger partial charge on any atom is -0.395 e. The summed E-state index contributed by atoms with van der Waals surface area (Å²) in [4.78, 5) is 21.5. The van der Waals surface area contributed by atoms with E-state index in [2.05, 4.69) is 21.2 Å². The van der Waals surface area contributed by atoms with Gasteiger partial charge in [0.25, 0.3) is 5.69 Å². The zero-order valence-corrected chi connectivity index (χ0v) is 12.7. The van der Waals surface area contributed by atoms with Crippen LogP contribution in [0.25, 0.3) is 0 Å². The Hall–Kier alpha value is -2.52. The average Bonchev–Trinajstić information content (AvgIpc) is 2.54. The van der Waals surface area contributed by atoms with E-state index in [-0.39, 0.29) is 12.3 Å². The van der Waals surface area contributed by atoms with Gasteiger partial charge in [0.05, 0.1) is 17.7 Å². The summed E-state index contributed by atoms with van der Waals surface area (Å²) in [6.07, 6.45) is 3.12. The van der Waals surface area contributed by atoms with E-state index in [0.717, 1.165) is 19.4 Å². The first-order valence-corrected chi connectivity index (χ1v) is 7.26. The number of hydrogen-bond donors (Lipinski definition) is 4. The number of amides is 2. The summed E-state index contributed by atoms with van der Waals surface area (Å²) >= 11 is 0. The lowest BCUT2D eigenvalue weighted by Crippen LogP contribution is -2.33. The number of aliphatic hydroxyl groups is 1. The summed E-state index contributed by atoms with van der Waals surface area (Å²) in [5.41, 5.74) is 2.96. The predicted molar refractivity (Wildman–Crippen MR) is 86.4 cm³/mol. The molecule has 0 aliphatic rings. The molecule has 0 radical (unpaired) electrons. The average molecular weight is 323 g/mol. The van der Waals surface area contributed by atoms with Crippen LogP contribution in [0, 0.1) is 10.1 Å². The SMILES string of the molecule is O=C(NCCCCNCCO)N/N=C\c1ccc([N+](=O)[O-])cc1. The number of carbonyl (C=O) groups excluding carboxylic acids is 1. The third-order valence-electron chi connectivity index (χ3n) is 2.84. The molecular formula is C14H21N5O4. The van der Waals surface area contributed by atoms with Crippen molar-refractivity contribution in [3.8, 4) is 0 Å². The molecule has 9 nitrogen and oxygen atoms in total. The zero-order chi connectivity index (χ0) is 16.9. The third kappa shape index (κ3) is 8.49. The fraction of sp³-hybridized carbons (Fsp3) is 0.429. The standard InChI is InChI=1S/C14H21N5O4/c20-10-9-15-7-1-2-8-16-14(21)18-17-11-12-3-5-13(6-4-12)19(22)23/h3-6,11,15,20H,1-2,7-10H2,(H2,16,18,21)/b17-11-. The minimum atomic E-state index is -0.480. The first kappa shape index (κ1) is 18.5. The van der Waals surface area contributed by atoms with Crippen molar-refractivity contribution in [2.24, 2.45) is 5.10 Å². The van der Waals surface area contributed by atoms with Crippen LogP contribution in [0.3, 0.4) is 0 Å². The van der Waals surface area contributed by atoms with Crippen LogP contribution < -0.4 is 16.1 Å². The van der Waals surface area contributed by atoms with Gasteiger partial charge in [0.15, 0.2) is 0 Å². The quantitative estimate of drug-likeness (QED) is 0.217. The molecule has 0 saturated heterocycles. The maximum Gasteiger partial charge on any atom is 0.335 e. The molecule has 0 spiro atoms. The minimum absolute atomic E-state index is 0.00123. The molecule has 4 N–H and O–H groups in total. The van der Waals surface area contributed by atoms with E-state index < -0.39 is 11.0 Å². The molecule has 0 bridgehead atoms. The Morgan fingerprint density at radius 2 is 1.91 bits per heavy atom. The second-order valence-electron chi connectivity index (χ2n) is 4.66. The number of nitro groups is 1. The van der Waals surface area contributed by atoms with Crippen molar-refractivity contribution in [2.45, 2.75) is 12.8 Å². The highest BCUT2D eigenvalue weighted by Crippen LogP contribution is 2.10. The van der Waals surface area contributed by atoms with Gasteiger partial charge in [0, 0.05) is 25.2 Å². The summed E-state index contributed by atoms with van der Waals surface area (Å²) in [6.45, 7) is 2.01. The van der Waals surface area contributed by atoms with Gasteiger partial charge in [-0.05, 0) is 37.1 Å². The van der Waals surface area contributed by atoms with E-state index in [0.29, 0.717) is 18.7 Å². The van der Waals surface area contributed by atoms with Crippen molar-refractivity contribution in [3.63, 3.8) is 0 Å². The van der Waals surface area contributed by atoms with Gasteiger partial charge in [-0.15, -0.1) is 0 Å². The normalized spacial score (nSPS) is 10.7. The van der Waals surface area contributed by atoms with Gasteiger partial charge in [0.1, 0.15) is 0 Å². The molecule has 126 valence electrons. The number of benzene rings is 1. The van der Waals surface area contributed by atoms with Crippen LogP contribution in [-0.4, -0.2) is 48.5 Å². The van der Waals surface area contributed by atoms with Crippen LogP contribution in [0.4, 0.5) is 10.5 Å². The highest BCUT2D eigenvalue weighted by Gasteiger charge is 2.02. The Bertz CT molecular complexity index is 518. The van der Waals surface area contributed by atoms with Crippen LogP contribution in [0.5, 0.6) is 0 Å². The van der Waals surface area contributed by atoms with Gasteiger partial charge in [0.2, 0.25) is 0 Å². The number of hydrogen-bond acceptors (Lipinski definition) is 6. The summed E-state index contributed by atoms with van der Waals surface area (Å²) in [7, 11) is 0. The number of non-ortho nitro benzene ring substituents is 1. The molecule has 1 aromatic rings. The Morgan fingerprint density at radius 3 is 2.57 bits per heavy atom. The van der Waals surface area contributed by atoms with Gasteiger partial charge in [-0.25, -0.2) is 10.2 Å². The Kier molecular flexibility index (Phi) is 8.94. The fourth-order valence-corrected chi connectivity index (χ4v) is 1.67. The molecule has 1 rings (SSSR count). The maximum absolute atomic E-state index is 11.4. The molecule has 0 unspecified atom stereocenters. The molecule has 0 aliphatic heterocycles. The number of rotatable bonds is 10. The van der Waals surface area contributed by atoms with Crippen molar-refractivity contribution >= 4 is 17.9 Å². The number of nitrogens with zero attached hydrogens (tertiary/aromatic N) is 2. The number of hydrazone groups is 1. The molecule has 0 aromatic heterocycles. The number of nitro benzene ring substituents is 1. The largest absolute Gasteiger partial charge is 0.395 e. The van der Waals surface area contributed by atoms with Gasteiger partial charge in [-0.1, -0.05) is 0 Å². The number of carbonyl (C=O) groups is 1. The lowest BCUT2D eigenvalue weighted by atomic mass is 10.2. The monoisotopic (exact) mass is 323 g/mol. The van der Waals surface area contributed by atoms with Crippen molar-refractivity contribution in [1.82, 2.24) is 16.1 Å². The fourth-order valence-electron chi connectivity index (χ4n) is 1.67. The van der Waals surface area contributed by atoms with Crippen LogP contribution in [0.1, 0.15) is 18.4 Å². The van der Waals surface area contributed by atoms with Crippen LogP contribution in [-0.2, 0) is 0 Å². The zero-order valence-electron chi connectivity index (χ0n) is 12.7.